The highest BCUT2D eigenvalue weighted by Gasteiger charge is 2.41. The van der Waals surface area contributed by atoms with Gasteiger partial charge in [0.05, 0.1) is 12.5 Å². The number of amides is 2. The Morgan fingerprint density at radius 3 is 2.12 bits per heavy atom. The molecule has 2 amide bonds. The van der Waals surface area contributed by atoms with Crippen molar-refractivity contribution < 1.29 is 9.59 Å². The lowest BCUT2D eigenvalue weighted by atomic mass is 10.0. The molecule has 2 aromatic carbocycles. The summed E-state index contributed by atoms with van der Waals surface area (Å²) in [6, 6.07) is 20.5. The first kappa shape index (κ1) is 23.1. The summed E-state index contributed by atoms with van der Waals surface area (Å²) in [5.74, 6) is 1.82. The van der Waals surface area contributed by atoms with Gasteiger partial charge in [0.2, 0.25) is 11.8 Å². The summed E-state index contributed by atoms with van der Waals surface area (Å²) in [5.41, 5.74) is 2.30. The molecular formula is C29H37N3O2. The van der Waals surface area contributed by atoms with E-state index in [1.54, 1.807) is 0 Å². The number of nitrogens with zero attached hydrogens (tertiary/aromatic N) is 2. The maximum Gasteiger partial charge on any atom is 0.227 e. The van der Waals surface area contributed by atoms with E-state index in [9.17, 15) is 9.59 Å². The number of hydrogen-bond acceptors (Lipinski definition) is 3. The summed E-state index contributed by atoms with van der Waals surface area (Å²) in [6.07, 6.45) is 5.84. The van der Waals surface area contributed by atoms with Crippen LogP contribution in [0, 0.1) is 17.8 Å². The van der Waals surface area contributed by atoms with Crippen molar-refractivity contribution in [3.63, 3.8) is 0 Å². The van der Waals surface area contributed by atoms with E-state index in [1.165, 1.54) is 18.4 Å². The number of fused-ring (bicyclic) bond motifs is 1. The van der Waals surface area contributed by atoms with Gasteiger partial charge in [-0.2, -0.15) is 0 Å². The van der Waals surface area contributed by atoms with Crippen molar-refractivity contribution in [2.75, 3.05) is 32.7 Å². The maximum atomic E-state index is 12.9. The highest BCUT2D eigenvalue weighted by Crippen LogP contribution is 2.32. The summed E-state index contributed by atoms with van der Waals surface area (Å²) >= 11 is 0. The standard InChI is InChI=1S/C29H37N3O2/c33-28(17-22-9-3-1-4-10-22)32-20-25-18-31(19-26(25)21-32)16-15-27(23-11-5-2-6-12-23)30-29(34)24-13-7-8-14-24/h1-6,9-12,24-27H,7-8,13-21H2,(H,30,34)/t25-,26?,27?/m0/s1. The number of likely N-dealkylation sites (tertiary alicyclic amines) is 2. The zero-order valence-corrected chi connectivity index (χ0v) is 20.1. The van der Waals surface area contributed by atoms with Crippen LogP contribution in [0.1, 0.15) is 49.3 Å². The Morgan fingerprint density at radius 1 is 0.853 bits per heavy atom. The molecule has 0 radical (unpaired) electrons. The normalized spacial score (nSPS) is 23.7. The van der Waals surface area contributed by atoms with Crippen molar-refractivity contribution in [3.8, 4) is 0 Å². The van der Waals surface area contributed by atoms with Crippen molar-refractivity contribution in [1.82, 2.24) is 15.1 Å². The van der Waals surface area contributed by atoms with E-state index < -0.39 is 0 Å². The summed E-state index contributed by atoms with van der Waals surface area (Å²) in [6.45, 7) is 4.85. The number of hydrogen-bond donors (Lipinski definition) is 1. The van der Waals surface area contributed by atoms with E-state index >= 15 is 0 Å². The van der Waals surface area contributed by atoms with Gasteiger partial charge in [-0.25, -0.2) is 0 Å². The second-order valence-electron chi connectivity index (χ2n) is 10.5. The molecule has 2 unspecified atom stereocenters. The largest absolute Gasteiger partial charge is 0.349 e. The second kappa shape index (κ2) is 10.7. The Hall–Kier alpha value is -2.66. The highest BCUT2D eigenvalue weighted by molar-refractivity contribution is 5.79. The summed E-state index contributed by atoms with van der Waals surface area (Å²) < 4.78 is 0. The topological polar surface area (TPSA) is 52.7 Å². The zero-order chi connectivity index (χ0) is 23.3. The van der Waals surface area contributed by atoms with Crippen molar-refractivity contribution in [1.29, 1.82) is 0 Å². The lowest BCUT2D eigenvalue weighted by molar-refractivity contribution is -0.129. The molecule has 180 valence electrons. The molecule has 3 atom stereocenters. The number of carbonyl (C=O) groups excluding carboxylic acids is 2. The van der Waals surface area contributed by atoms with E-state index in [2.05, 4.69) is 39.4 Å². The van der Waals surface area contributed by atoms with Crippen LogP contribution in [0.5, 0.6) is 0 Å². The van der Waals surface area contributed by atoms with Crippen molar-refractivity contribution >= 4 is 11.8 Å². The van der Waals surface area contributed by atoms with Crippen molar-refractivity contribution in [2.45, 2.75) is 44.6 Å². The lowest BCUT2D eigenvalue weighted by Crippen LogP contribution is -2.37. The average Bonchev–Trinajstić information content (AvgIpc) is 3.60. The van der Waals surface area contributed by atoms with Crippen LogP contribution in [0.15, 0.2) is 60.7 Å². The number of benzene rings is 2. The Balaban J connectivity index is 1.12. The molecule has 0 bridgehead atoms. The molecule has 1 N–H and O–H groups in total. The summed E-state index contributed by atoms with van der Waals surface area (Å²) in [7, 11) is 0. The summed E-state index contributed by atoms with van der Waals surface area (Å²) in [4.78, 5) is 30.3. The first-order valence-electron chi connectivity index (χ1n) is 13.0. The predicted octanol–water partition coefficient (Wildman–Crippen LogP) is 4.06. The third-order valence-corrected chi connectivity index (χ3v) is 8.09. The fourth-order valence-corrected chi connectivity index (χ4v) is 6.16. The number of rotatable bonds is 8. The van der Waals surface area contributed by atoms with E-state index in [0.29, 0.717) is 18.3 Å². The molecule has 5 heteroatoms. The van der Waals surface area contributed by atoms with Crippen LogP contribution in [0.4, 0.5) is 0 Å². The quantitative estimate of drug-likeness (QED) is 0.648. The van der Waals surface area contributed by atoms with Crippen LogP contribution in [-0.4, -0.2) is 54.3 Å². The lowest BCUT2D eigenvalue weighted by Gasteiger charge is -2.25. The molecule has 3 fully saturated rings. The Morgan fingerprint density at radius 2 is 1.47 bits per heavy atom. The molecule has 3 aliphatic rings. The molecule has 2 heterocycles. The van der Waals surface area contributed by atoms with Gasteiger partial charge >= 0.3 is 0 Å². The Kier molecular flexibility index (Phi) is 7.29. The van der Waals surface area contributed by atoms with Crippen LogP contribution < -0.4 is 5.32 Å². The fourth-order valence-electron chi connectivity index (χ4n) is 6.16. The number of carbonyl (C=O) groups is 2. The van der Waals surface area contributed by atoms with Gasteiger partial charge in [-0.1, -0.05) is 73.5 Å². The molecule has 0 spiro atoms. The third kappa shape index (κ3) is 5.52. The van der Waals surface area contributed by atoms with Gasteiger partial charge in [-0.3, -0.25) is 9.59 Å². The molecule has 5 rings (SSSR count). The van der Waals surface area contributed by atoms with Crippen LogP contribution in [-0.2, 0) is 16.0 Å². The molecule has 2 aromatic rings. The molecular weight excluding hydrogens is 422 g/mol. The van der Waals surface area contributed by atoms with E-state index in [4.69, 9.17) is 0 Å². The predicted molar refractivity (Wildman–Crippen MR) is 134 cm³/mol. The summed E-state index contributed by atoms with van der Waals surface area (Å²) in [5, 5.41) is 3.38. The number of nitrogens with one attached hydrogen (secondary N) is 1. The van der Waals surface area contributed by atoms with Gasteiger partial charge in [0.15, 0.2) is 0 Å². The molecule has 1 aliphatic carbocycles. The van der Waals surface area contributed by atoms with Crippen LogP contribution in [0.25, 0.3) is 0 Å². The van der Waals surface area contributed by atoms with Gasteiger partial charge < -0.3 is 15.1 Å². The zero-order valence-electron chi connectivity index (χ0n) is 20.1. The monoisotopic (exact) mass is 459 g/mol. The van der Waals surface area contributed by atoms with Gasteiger partial charge in [-0.15, -0.1) is 0 Å². The average molecular weight is 460 g/mol. The van der Waals surface area contributed by atoms with Crippen molar-refractivity contribution in [3.05, 3.63) is 71.8 Å². The van der Waals surface area contributed by atoms with Gasteiger partial charge in [-0.05, 0) is 42.2 Å². The first-order valence-corrected chi connectivity index (χ1v) is 13.0. The first-order chi connectivity index (χ1) is 16.7. The van der Waals surface area contributed by atoms with E-state index in [1.807, 2.05) is 36.4 Å². The second-order valence-corrected chi connectivity index (χ2v) is 10.5. The maximum absolute atomic E-state index is 12.9. The minimum atomic E-state index is 0.0682. The van der Waals surface area contributed by atoms with E-state index in [-0.39, 0.29) is 23.8 Å². The van der Waals surface area contributed by atoms with Crippen molar-refractivity contribution in [2.24, 2.45) is 17.8 Å². The van der Waals surface area contributed by atoms with Gasteiger partial charge in [0, 0.05) is 38.6 Å². The van der Waals surface area contributed by atoms with Gasteiger partial charge in [0.1, 0.15) is 0 Å². The minimum absolute atomic E-state index is 0.0682. The van der Waals surface area contributed by atoms with Crippen LogP contribution >= 0.6 is 0 Å². The SMILES string of the molecule is O=C(NC(CCN1CC2CN(C(=O)Cc3ccccc3)C[C@@H]2C1)c1ccccc1)C1CCCC1. The molecule has 2 saturated heterocycles. The van der Waals surface area contributed by atoms with Gasteiger partial charge in [0.25, 0.3) is 0 Å². The fraction of sp³-hybridized carbons (Fsp3) is 0.517. The minimum Gasteiger partial charge on any atom is -0.349 e. The molecule has 5 nitrogen and oxygen atoms in total. The molecule has 2 aliphatic heterocycles. The highest BCUT2D eigenvalue weighted by atomic mass is 16.2. The molecule has 1 saturated carbocycles. The van der Waals surface area contributed by atoms with Crippen LogP contribution in [0.2, 0.25) is 0 Å². The third-order valence-electron chi connectivity index (χ3n) is 8.09. The molecule has 34 heavy (non-hydrogen) atoms. The molecule has 0 aromatic heterocycles. The Bertz CT molecular complexity index is 944. The smallest absolute Gasteiger partial charge is 0.227 e. The van der Waals surface area contributed by atoms with E-state index in [0.717, 1.165) is 57.5 Å². The van der Waals surface area contributed by atoms with Crippen LogP contribution in [0.3, 0.4) is 0 Å². The Labute approximate surface area is 203 Å².